The number of aromatic nitrogens is 2. The number of rotatable bonds is 6. The van der Waals surface area contributed by atoms with Gasteiger partial charge in [-0.2, -0.15) is 0 Å². The molecule has 0 aliphatic carbocycles. The minimum absolute atomic E-state index is 0.525. The molecule has 1 aliphatic rings. The Morgan fingerprint density at radius 2 is 2.47 bits per heavy atom. The van der Waals surface area contributed by atoms with Crippen LogP contribution in [0, 0.1) is 12.8 Å². The van der Waals surface area contributed by atoms with E-state index < -0.39 is 0 Å². The molecule has 2 rings (SSSR count). The Labute approximate surface area is 111 Å². The Morgan fingerprint density at radius 3 is 3.06 bits per heavy atom. The van der Waals surface area contributed by atoms with E-state index in [2.05, 4.69) is 22.4 Å². The summed E-state index contributed by atoms with van der Waals surface area (Å²) in [6.45, 7) is 6.97. The molecule has 0 aromatic carbocycles. The SMILES string of the molecule is CCNC(CSc1nnc(C)s1)C1CCOC1. The quantitative estimate of drug-likeness (QED) is 0.803. The summed E-state index contributed by atoms with van der Waals surface area (Å²) in [5.41, 5.74) is 0. The normalized spacial score (nSPS) is 21.9. The summed E-state index contributed by atoms with van der Waals surface area (Å²) in [4.78, 5) is 0. The lowest BCUT2D eigenvalue weighted by molar-refractivity contribution is 0.179. The summed E-state index contributed by atoms with van der Waals surface area (Å²) < 4.78 is 6.54. The average Bonchev–Trinajstić information content (AvgIpc) is 2.95. The van der Waals surface area contributed by atoms with Crippen LogP contribution in [0.4, 0.5) is 0 Å². The van der Waals surface area contributed by atoms with Gasteiger partial charge in [-0.25, -0.2) is 0 Å². The molecule has 96 valence electrons. The minimum Gasteiger partial charge on any atom is -0.381 e. The molecule has 0 radical (unpaired) electrons. The van der Waals surface area contributed by atoms with Gasteiger partial charge in [0.15, 0.2) is 4.34 Å². The van der Waals surface area contributed by atoms with Gasteiger partial charge in [-0.05, 0) is 19.9 Å². The molecule has 1 aliphatic heterocycles. The van der Waals surface area contributed by atoms with Gasteiger partial charge in [-0.1, -0.05) is 30.0 Å². The number of nitrogens with zero attached hydrogens (tertiary/aromatic N) is 2. The largest absolute Gasteiger partial charge is 0.381 e. The highest BCUT2D eigenvalue weighted by molar-refractivity contribution is 8.01. The number of hydrogen-bond donors (Lipinski definition) is 1. The first-order valence-electron chi connectivity index (χ1n) is 6.03. The number of nitrogens with one attached hydrogen (secondary N) is 1. The van der Waals surface area contributed by atoms with Crippen LogP contribution < -0.4 is 5.32 Å². The molecular formula is C11H19N3OS2. The van der Waals surface area contributed by atoms with Crippen LogP contribution in [0.3, 0.4) is 0 Å². The third-order valence-corrected chi connectivity index (χ3v) is 4.99. The number of aryl methyl sites for hydroxylation is 1. The third kappa shape index (κ3) is 3.91. The molecule has 1 aromatic rings. The molecular weight excluding hydrogens is 254 g/mol. The van der Waals surface area contributed by atoms with Crippen molar-refractivity contribution < 1.29 is 4.74 Å². The molecule has 4 nitrogen and oxygen atoms in total. The maximum Gasteiger partial charge on any atom is 0.174 e. The zero-order valence-corrected chi connectivity index (χ0v) is 11.9. The van der Waals surface area contributed by atoms with E-state index in [0.29, 0.717) is 12.0 Å². The van der Waals surface area contributed by atoms with Gasteiger partial charge in [0.05, 0.1) is 6.61 Å². The van der Waals surface area contributed by atoms with E-state index in [4.69, 9.17) is 4.74 Å². The van der Waals surface area contributed by atoms with E-state index in [1.54, 1.807) is 23.1 Å². The van der Waals surface area contributed by atoms with Gasteiger partial charge in [0, 0.05) is 24.3 Å². The van der Waals surface area contributed by atoms with E-state index in [1.807, 2.05) is 6.92 Å². The Balaban J connectivity index is 1.84. The van der Waals surface area contributed by atoms with Crippen LogP contribution in [-0.2, 0) is 4.74 Å². The maximum absolute atomic E-state index is 5.47. The van der Waals surface area contributed by atoms with E-state index in [-0.39, 0.29) is 0 Å². The molecule has 6 heteroatoms. The van der Waals surface area contributed by atoms with E-state index in [1.165, 1.54) is 6.42 Å². The fourth-order valence-electron chi connectivity index (χ4n) is 1.99. The fourth-order valence-corrected chi connectivity index (χ4v) is 4.02. The highest BCUT2D eigenvalue weighted by atomic mass is 32.2. The second-order valence-electron chi connectivity index (χ2n) is 4.19. The van der Waals surface area contributed by atoms with Gasteiger partial charge < -0.3 is 10.1 Å². The summed E-state index contributed by atoms with van der Waals surface area (Å²) in [6, 6.07) is 0.525. The molecule has 0 amide bonds. The zero-order chi connectivity index (χ0) is 12.1. The third-order valence-electron chi connectivity index (χ3n) is 2.89. The van der Waals surface area contributed by atoms with Gasteiger partial charge >= 0.3 is 0 Å². The summed E-state index contributed by atoms with van der Waals surface area (Å²) in [5.74, 6) is 1.70. The second-order valence-corrected chi connectivity index (χ2v) is 6.63. The Bertz CT molecular complexity index is 339. The van der Waals surface area contributed by atoms with Crippen molar-refractivity contribution in [3.8, 4) is 0 Å². The maximum atomic E-state index is 5.47. The Kier molecular flexibility index (Phi) is 5.21. The number of thioether (sulfide) groups is 1. The number of hydrogen-bond acceptors (Lipinski definition) is 6. The van der Waals surface area contributed by atoms with Crippen molar-refractivity contribution in [2.45, 2.75) is 30.6 Å². The van der Waals surface area contributed by atoms with Crippen molar-refractivity contribution in [3.63, 3.8) is 0 Å². The summed E-state index contributed by atoms with van der Waals surface area (Å²) >= 11 is 3.48. The second kappa shape index (κ2) is 6.68. The minimum atomic E-state index is 0.525. The van der Waals surface area contributed by atoms with Crippen LogP contribution in [0.25, 0.3) is 0 Å². The highest BCUT2D eigenvalue weighted by Gasteiger charge is 2.25. The standard InChI is InChI=1S/C11H19N3OS2/c1-3-12-10(9-4-5-15-6-9)7-16-11-14-13-8(2)17-11/h9-10,12H,3-7H2,1-2H3. The van der Waals surface area contributed by atoms with E-state index in [9.17, 15) is 0 Å². The van der Waals surface area contributed by atoms with Crippen molar-refractivity contribution >= 4 is 23.1 Å². The Morgan fingerprint density at radius 1 is 1.59 bits per heavy atom. The molecule has 1 aromatic heterocycles. The van der Waals surface area contributed by atoms with E-state index >= 15 is 0 Å². The monoisotopic (exact) mass is 273 g/mol. The van der Waals surface area contributed by atoms with Crippen LogP contribution in [0.1, 0.15) is 18.4 Å². The molecule has 0 bridgehead atoms. The molecule has 0 spiro atoms. The molecule has 0 saturated carbocycles. The van der Waals surface area contributed by atoms with E-state index in [0.717, 1.165) is 34.9 Å². The molecule has 1 N–H and O–H groups in total. The fraction of sp³-hybridized carbons (Fsp3) is 0.818. The van der Waals surface area contributed by atoms with Gasteiger partial charge in [-0.15, -0.1) is 10.2 Å². The smallest absolute Gasteiger partial charge is 0.174 e. The lowest BCUT2D eigenvalue weighted by atomic mass is 10.0. The predicted octanol–water partition coefficient (Wildman–Crippen LogP) is 1.95. The average molecular weight is 273 g/mol. The molecule has 2 heterocycles. The van der Waals surface area contributed by atoms with Gasteiger partial charge in [0.25, 0.3) is 0 Å². The van der Waals surface area contributed by atoms with Crippen molar-refractivity contribution in [2.75, 3.05) is 25.5 Å². The molecule has 1 fully saturated rings. The van der Waals surface area contributed by atoms with Crippen LogP contribution in [0.2, 0.25) is 0 Å². The summed E-state index contributed by atoms with van der Waals surface area (Å²) in [5, 5.41) is 12.8. The van der Waals surface area contributed by atoms with Crippen LogP contribution in [-0.4, -0.2) is 41.8 Å². The van der Waals surface area contributed by atoms with Crippen molar-refractivity contribution in [1.82, 2.24) is 15.5 Å². The molecule has 2 atom stereocenters. The van der Waals surface area contributed by atoms with Crippen molar-refractivity contribution in [3.05, 3.63) is 5.01 Å². The lowest BCUT2D eigenvalue weighted by Crippen LogP contribution is -2.38. The molecule has 1 saturated heterocycles. The van der Waals surface area contributed by atoms with Gasteiger partial charge in [-0.3, -0.25) is 0 Å². The van der Waals surface area contributed by atoms with Gasteiger partial charge in [0.2, 0.25) is 0 Å². The molecule has 17 heavy (non-hydrogen) atoms. The lowest BCUT2D eigenvalue weighted by Gasteiger charge is -2.22. The van der Waals surface area contributed by atoms with Crippen molar-refractivity contribution in [1.29, 1.82) is 0 Å². The summed E-state index contributed by atoms with van der Waals surface area (Å²) in [7, 11) is 0. The predicted molar refractivity (Wildman–Crippen MR) is 71.8 cm³/mol. The highest BCUT2D eigenvalue weighted by Crippen LogP contribution is 2.26. The van der Waals surface area contributed by atoms with Crippen molar-refractivity contribution in [2.24, 2.45) is 5.92 Å². The first-order chi connectivity index (χ1) is 8.29. The zero-order valence-electron chi connectivity index (χ0n) is 10.3. The van der Waals surface area contributed by atoms with Gasteiger partial charge in [0.1, 0.15) is 5.01 Å². The first-order valence-corrected chi connectivity index (χ1v) is 7.84. The van der Waals surface area contributed by atoms with Crippen LogP contribution in [0.15, 0.2) is 4.34 Å². The molecule has 2 unspecified atom stereocenters. The topological polar surface area (TPSA) is 47.0 Å². The van der Waals surface area contributed by atoms with Crippen LogP contribution >= 0.6 is 23.1 Å². The van der Waals surface area contributed by atoms with Crippen LogP contribution in [0.5, 0.6) is 0 Å². The number of ether oxygens (including phenoxy) is 1. The first kappa shape index (κ1) is 13.3. The Hall–Kier alpha value is -0.170. The summed E-state index contributed by atoms with van der Waals surface area (Å²) in [6.07, 6.45) is 1.17.